The van der Waals surface area contributed by atoms with Crippen molar-refractivity contribution >= 4 is 41.8 Å². The number of ether oxygens (including phenoxy) is 10. The van der Waals surface area contributed by atoms with Crippen molar-refractivity contribution in [2.75, 3.05) is 13.2 Å². The van der Waals surface area contributed by atoms with Gasteiger partial charge in [0.05, 0.1) is 0 Å². The van der Waals surface area contributed by atoms with Crippen molar-refractivity contribution in [3.8, 4) is 0 Å². The van der Waals surface area contributed by atoms with Gasteiger partial charge in [0.1, 0.15) is 31.5 Å². The van der Waals surface area contributed by atoms with Crippen LogP contribution in [0.15, 0.2) is 0 Å². The van der Waals surface area contributed by atoms with Crippen LogP contribution in [0.4, 0.5) is 0 Å². The van der Waals surface area contributed by atoms with Crippen molar-refractivity contribution in [2.45, 2.75) is 110 Å². The van der Waals surface area contributed by atoms with Crippen LogP contribution in [0, 0.1) is 0 Å². The van der Waals surface area contributed by atoms with E-state index >= 15 is 0 Å². The van der Waals surface area contributed by atoms with Crippen molar-refractivity contribution in [3.63, 3.8) is 0 Å². The first-order valence-corrected chi connectivity index (χ1v) is 13.3. The highest BCUT2D eigenvalue weighted by Crippen LogP contribution is 2.34. The Hall–Kier alpha value is -3.87. The number of rotatable bonds is 11. The van der Waals surface area contributed by atoms with Gasteiger partial charge in [-0.25, -0.2) is 0 Å². The summed E-state index contributed by atoms with van der Waals surface area (Å²) in [7, 11) is 0. The highest BCUT2D eigenvalue weighted by molar-refractivity contribution is 5.69. The van der Waals surface area contributed by atoms with Gasteiger partial charge in [-0.05, 0) is 0 Å². The van der Waals surface area contributed by atoms with Crippen LogP contribution < -0.4 is 0 Å². The van der Waals surface area contributed by atoms with Crippen LogP contribution in [0.25, 0.3) is 0 Å². The zero-order valence-corrected chi connectivity index (χ0v) is 25.1. The molecule has 0 saturated carbocycles. The van der Waals surface area contributed by atoms with Crippen LogP contribution in [0.2, 0.25) is 0 Å². The predicted molar refractivity (Wildman–Crippen MR) is 135 cm³/mol. The molecule has 0 aromatic carbocycles. The first-order valence-electron chi connectivity index (χ1n) is 13.3. The Kier molecular flexibility index (Phi) is 13.4. The van der Waals surface area contributed by atoms with E-state index in [1.165, 1.54) is 0 Å². The molecule has 0 aliphatic carbocycles. The number of hydrogen-bond acceptors (Lipinski definition) is 18. The minimum absolute atomic E-state index is 0.572. The molecule has 18 nitrogen and oxygen atoms in total. The Balaban J connectivity index is 2.66. The summed E-state index contributed by atoms with van der Waals surface area (Å²) >= 11 is 0. The summed E-state index contributed by atoms with van der Waals surface area (Å²) in [5, 5.41) is 10.6. The lowest BCUT2D eigenvalue weighted by molar-refractivity contribution is -0.357. The van der Waals surface area contributed by atoms with Gasteiger partial charge < -0.3 is 52.5 Å². The van der Waals surface area contributed by atoms with Crippen LogP contribution >= 0.6 is 0 Å². The van der Waals surface area contributed by atoms with Gasteiger partial charge in [0.15, 0.2) is 43.1 Å². The average Bonchev–Trinajstić information content (AvgIpc) is 2.87. The van der Waals surface area contributed by atoms with E-state index in [0.29, 0.717) is 0 Å². The number of aliphatic hydroxyl groups is 1. The summed E-state index contributed by atoms with van der Waals surface area (Å²) in [5.74, 6) is -6.03. The molecular weight excluding hydrogens is 600 g/mol. The van der Waals surface area contributed by atoms with E-state index in [1.807, 2.05) is 0 Å². The van der Waals surface area contributed by atoms with E-state index in [4.69, 9.17) is 47.4 Å². The van der Waals surface area contributed by atoms with E-state index in [9.17, 15) is 38.7 Å². The molecule has 1 N–H and O–H groups in total. The Labute approximate surface area is 251 Å². The molecule has 248 valence electrons. The third-order valence-electron chi connectivity index (χ3n) is 5.90. The van der Waals surface area contributed by atoms with Crippen molar-refractivity contribution in [1.29, 1.82) is 0 Å². The summed E-state index contributed by atoms with van der Waals surface area (Å²) in [4.78, 5) is 83.5. The molecule has 18 heteroatoms. The second-order valence-corrected chi connectivity index (χ2v) is 9.68. The maximum Gasteiger partial charge on any atom is 0.303 e. The molecule has 0 spiro atoms. The molecular formula is C26H36O18. The van der Waals surface area contributed by atoms with Crippen LogP contribution in [0.1, 0.15) is 48.5 Å². The molecule has 0 aromatic rings. The third kappa shape index (κ3) is 10.7. The van der Waals surface area contributed by atoms with Crippen LogP contribution in [-0.2, 0) is 80.9 Å². The van der Waals surface area contributed by atoms with E-state index in [1.54, 1.807) is 0 Å². The quantitative estimate of drug-likeness (QED) is 0.203. The van der Waals surface area contributed by atoms with Crippen molar-refractivity contribution in [1.82, 2.24) is 0 Å². The number of esters is 7. The molecule has 2 rings (SSSR count). The minimum Gasteiger partial charge on any atom is -0.463 e. The largest absolute Gasteiger partial charge is 0.463 e. The van der Waals surface area contributed by atoms with Gasteiger partial charge in [-0.15, -0.1) is 0 Å². The maximum atomic E-state index is 12.2. The van der Waals surface area contributed by atoms with Gasteiger partial charge in [0, 0.05) is 48.5 Å². The van der Waals surface area contributed by atoms with E-state index in [0.717, 1.165) is 48.5 Å². The second-order valence-electron chi connectivity index (χ2n) is 9.68. The lowest BCUT2D eigenvalue weighted by atomic mass is 9.96. The molecule has 44 heavy (non-hydrogen) atoms. The SMILES string of the molecule is CC(=O)OCC1O[C@H](O)C(OC(C)=O)[C@H](OC(C)=O)[C@@H]1O[C@@H]1OC(COC(C)=O)[C@H](OC(C)=O)[C@H](OC(C)=O)C1OC(C)=O. The molecule has 2 fully saturated rings. The zero-order valence-electron chi connectivity index (χ0n) is 25.1. The van der Waals surface area contributed by atoms with Crippen molar-refractivity contribution in [2.24, 2.45) is 0 Å². The van der Waals surface area contributed by atoms with Crippen LogP contribution in [0.5, 0.6) is 0 Å². The minimum atomic E-state index is -1.90. The highest BCUT2D eigenvalue weighted by atomic mass is 16.8. The average molecular weight is 637 g/mol. The molecule has 0 bridgehead atoms. The molecule has 4 unspecified atom stereocenters. The molecule has 2 aliphatic rings. The Morgan fingerprint density at radius 3 is 1.27 bits per heavy atom. The standard InChI is InChI=1S/C26H36O18/c1-10(27)35-8-17-20(21(38-13(4)30)23(25(34)42-17)40-15(6)32)44-26-24(41-16(7)33)22(39-14(5)31)19(37-12(3)29)18(43-26)9-36-11(2)28/h17-26,34H,8-9H2,1-7H3/t17?,18?,19-,20+,21+,22-,23?,24?,25-,26-/m0/s1. The zero-order chi connectivity index (χ0) is 33.3. The number of carbonyl (C=O) groups is 7. The Morgan fingerprint density at radius 2 is 0.841 bits per heavy atom. The summed E-state index contributed by atoms with van der Waals surface area (Å²) in [6.07, 6.45) is -16.3. The Morgan fingerprint density at radius 1 is 0.477 bits per heavy atom. The summed E-state index contributed by atoms with van der Waals surface area (Å²) in [6.45, 7) is 6.11. The Bertz CT molecular complexity index is 1090. The number of hydrogen-bond donors (Lipinski definition) is 1. The predicted octanol–water partition coefficient (Wildman–Crippen LogP) is -1.40. The lowest BCUT2D eigenvalue weighted by Crippen LogP contribution is -2.67. The maximum absolute atomic E-state index is 12.2. The first kappa shape index (κ1) is 36.3. The van der Waals surface area contributed by atoms with Gasteiger partial charge in [0.2, 0.25) is 0 Å². The van der Waals surface area contributed by atoms with Crippen LogP contribution in [-0.4, -0.2) is 122 Å². The van der Waals surface area contributed by atoms with E-state index < -0.39 is 116 Å². The normalized spacial score (nSPS) is 31.5. The summed E-state index contributed by atoms with van der Waals surface area (Å²) < 4.78 is 54.1. The van der Waals surface area contributed by atoms with E-state index in [2.05, 4.69) is 0 Å². The molecule has 0 aromatic heterocycles. The smallest absolute Gasteiger partial charge is 0.303 e. The van der Waals surface area contributed by atoms with Crippen molar-refractivity contribution < 1.29 is 86.0 Å². The second kappa shape index (κ2) is 16.3. The fraction of sp³-hybridized carbons (Fsp3) is 0.731. The molecule has 0 radical (unpaired) electrons. The summed E-state index contributed by atoms with van der Waals surface area (Å²) in [5.41, 5.74) is 0. The highest BCUT2D eigenvalue weighted by Gasteiger charge is 2.57. The van der Waals surface area contributed by atoms with Crippen molar-refractivity contribution in [3.05, 3.63) is 0 Å². The van der Waals surface area contributed by atoms with Crippen LogP contribution in [0.3, 0.4) is 0 Å². The fourth-order valence-electron chi connectivity index (χ4n) is 4.49. The van der Waals surface area contributed by atoms with Gasteiger partial charge >= 0.3 is 41.8 Å². The lowest BCUT2D eigenvalue weighted by Gasteiger charge is -2.48. The van der Waals surface area contributed by atoms with Gasteiger partial charge in [-0.1, -0.05) is 0 Å². The monoisotopic (exact) mass is 636 g/mol. The summed E-state index contributed by atoms with van der Waals surface area (Å²) in [6, 6.07) is 0. The molecule has 2 heterocycles. The molecule has 0 amide bonds. The molecule has 10 atom stereocenters. The van der Waals surface area contributed by atoms with E-state index in [-0.39, 0.29) is 0 Å². The first-order chi connectivity index (χ1) is 20.5. The third-order valence-corrected chi connectivity index (χ3v) is 5.90. The van der Waals surface area contributed by atoms with Gasteiger partial charge in [-0.2, -0.15) is 0 Å². The number of carbonyl (C=O) groups excluding carboxylic acids is 7. The molecule has 2 saturated heterocycles. The number of aliphatic hydroxyl groups excluding tert-OH is 1. The fourth-order valence-corrected chi connectivity index (χ4v) is 4.49. The van der Waals surface area contributed by atoms with Gasteiger partial charge in [0.25, 0.3) is 0 Å². The topological polar surface area (TPSA) is 232 Å². The molecule has 2 aliphatic heterocycles. The van der Waals surface area contributed by atoms with Gasteiger partial charge in [-0.3, -0.25) is 33.6 Å².